The van der Waals surface area contributed by atoms with Gasteiger partial charge in [0, 0.05) is 22.5 Å². The minimum Gasteiger partial charge on any atom is -0.481 e. The number of carboxylic acid groups (broad SMARTS) is 1. The molecular formula is C25H30Cl2N2O4. The van der Waals surface area contributed by atoms with Crippen LogP contribution in [0.1, 0.15) is 51.1 Å². The predicted molar refractivity (Wildman–Crippen MR) is 130 cm³/mol. The zero-order chi connectivity index (χ0) is 24.4. The Hall–Kier alpha value is -2.57. The number of hydrogen-bond acceptors (Lipinski definition) is 3. The van der Waals surface area contributed by atoms with Crippen LogP contribution in [0.5, 0.6) is 0 Å². The highest BCUT2D eigenvalue weighted by Crippen LogP contribution is 2.38. The number of carbonyl (C=O) groups is 3. The van der Waals surface area contributed by atoms with Crippen molar-refractivity contribution in [2.75, 3.05) is 6.54 Å². The molecule has 1 heterocycles. The summed E-state index contributed by atoms with van der Waals surface area (Å²) >= 11 is 11.5. The van der Waals surface area contributed by atoms with E-state index in [1.807, 2.05) is 56.3 Å². The molecule has 0 aliphatic carbocycles. The van der Waals surface area contributed by atoms with Gasteiger partial charge in [0.2, 0.25) is 11.8 Å². The topological polar surface area (TPSA) is 86.7 Å². The molecule has 6 nitrogen and oxygen atoms in total. The average molecular weight is 493 g/mol. The Kier molecular flexibility index (Phi) is 10.7. The van der Waals surface area contributed by atoms with Gasteiger partial charge in [-0.1, -0.05) is 60.5 Å². The van der Waals surface area contributed by atoms with Crippen molar-refractivity contribution >= 4 is 41.0 Å². The molecule has 2 aromatic rings. The molecule has 0 aromatic heterocycles. The fourth-order valence-corrected chi connectivity index (χ4v) is 4.26. The van der Waals surface area contributed by atoms with Crippen molar-refractivity contribution in [3.05, 3.63) is 70.2 Å². The quantitative estimate of drug-likeness (QED) is 0.545. The van der Waals surface area contributed by atoms with Crippen LogP contribution in [0.3, 0.4) is 0 Å². The number of nitrogens with one attached hydrogen (secondary N) is 1. The normalized spacial score (nSPS) is 18.7. The molecule has 1 fully saturated rings. The van der Waals surface area contributed by atoms with E-state index >= 15 is 0 Å². The number of nitrogens with zero attached hydrogens (tertiary/aromatic N) is 1. The van der Waals surface area contributed by atoms with E-state index in [2.05, 4.69) is 5.32 Å². The van der Waals surface area contributed by atoms with Gasteiger partial charge in [-0.05, 0) is 56.0 Å². The predicted octanol–water partition coefficient (Wildman–Crippen LogP) is 5.35. The van der Waals surface area contributed by atoms with Crippen molar-refractivity contribution in [2.45, 2.75) is 51.6 Å². The lowest BCUT2D eigenvalue weighted by molar-refractivity contribution is -0.154. The SMILES string of the molecule is CCNC(=O)[C@H](CC)N1C(=O)[C@@H](CC(=O)O)CC[C@H]1c1ccc(Cl)cc1.Clc1ccccc1. The lowest BCUT2D eigenvalue weighted by Crippen LogP contribution is -2.54. The van der Waals surface area contributed by atoms with Crippen LogP contribution in [0.25, 0.3) is 0 Å². The van der Waals surface area contributed by atoms with Crippen LogP contribution < -0.4 is 5.32 Å². The van der Waals surface area contributed by atoms with E-state index in [0.717, 1.165) is 10.6 Å². The van der Waals surface area contributed by atoms with E-state index in [9.17, 15) is 14.4 Å². The molecule has 3 atom stereocenters. The molecule has 33 heavy (non-hydrogen) atoms. The molecule has 2 amide bonds. The fraction of sp³-hybridized carbons (Fsp3) is 0.400. The number of carboxylic acids is 1. The highest BCUT2D eigenvalue weighted by atomic mass is 35.5. The third kappa shape index (κ3) is 7.76. The highest BCUT2D eigenvalue weighted by Gasteiger charge is 2.42. The molecule has 178 valence electrons. The number of likely N-dealkylation sites (tertiary alicyclic amines) is 1. The van der Waals surface area contributed by atoms with Gasteiger partial charge in [0.25, 0.3) is 0 Å². The summed E-state index contributed by atoms with van der Waals surface area (Å²) in [5.74, 6) is -2.08. The molecule has 0 unspecified atom stereocenters. The molecule has 1 saturated heterocycles. The second kappa shape index (κ2) is 13.2. The zero-order valence-electron chi connectivity index (χ0n) is 18.8. The van der Waals surface area contributed by atoms with Crippen molar-refractivity contribution in [3.63, 3.8) is 0 Å². The third-order valence-electron chi connectivity index (χ3n) is 5.51. The summed E-state index contributed by atoms with van der Waals surface area (Å²) in [7, 11) is 0. The Morgan fingerprint density at radius 1 is 1.03 bits per heavy atom. The van der Waals surface area contributed by atoms with Gasteiger partial charge in [-0.2, -0.15) is 0 Å². The number of amides is 2. The van der Waals surface area contributed by atoms with Crippen LogP contribution in [0, 0.1) is 5.92 Å². The van der Waals surface area contributed by atoms with E-state index in [-0.39, 0.29) is 24.3 Å². The monoisotopic (exact) mass is 492 g/mol. The first-order valence-corrected chi connectivity index (χ1v) is 11.8. The molecule has 3 rings (SSSR count). The number of likely N-dealkylation sites (N-methyl/N-ethyl adjacent to an activating group) is 1. The van der Waals surface area contributed by atoms with Gasteiger partial charge >= 0.3 is 5.97 Å². The van der Waals surface area contributed by atoms with Gasteiger partial charge in [0.15, 0.2) is 0 Å². The molecule has 1 aliphatic heterocycles. The molecule has 2 N–H and O–H groups in total. The first-order valence-electron chi connectivity index (χ1n) is 11.1. The van der Waals surface area contributed by atoms with Crippen molar-refractivity contribution in [2.24, 2.45) is 5.92 Å². The molecule has 0 saturated carbocycles. The number of halogens is 2. The lowest BCUT2D eigenvalue weighted by Gasteiger charge is -2.43. The Labute approximate surface area is 204 Å². The van der Waals surface area contributed by atoms with E-state index in [1.54, 1.807) is 17.0 Å². The summed E-state index contributed by atoms with van der Waals surface area (Å²) in [6, 6.07) is 15.8. The highest BCUT2D eigenvalue weighted by molar-refractivity contribution is 6.30. The van der Waals surface area contributed by atoms with Crippen molar-refractivity contribution in [3.8, 4) is 0 Å². The van der Waals surface area contributed by atoms with Crippen LogP contribution in [0.4, 0.5) is 0 Å². The van der Waals surface area contributed by atoms with E-state index in [0.29, 0.717) is 30.8 Å². The minimum atomic E-state index is -1.00. The van der Waals surface area contributed by atoms with Crippen LogP contribution in [-0.2, 0) is 14.4 Å². The number of hydrogen-bond donors (Lipinski definition) is 2. The second-order valence-corrected chi connectivity index (χ2v) is 8.67. The molecule has 0 radical (unpaired) electrons. The maximum Gasteiger partial charge on any atom is 0.304 e. The first-order chi connectivity index (χ1) is 15.8. The summed E-state index contributed by atoms with van der Waals surface area (Å²) in [6.45, 7) is 4.15. The maximum absolute atomic E-state index is 13.1. The number of rotatable bonds is 7. The summed E-state index contributed by atoms with van der Waals surface area (Å²) in [5.41, 5.74) is 0.902. The Bertz CT molecular complexity index is 922. The van der Waals surface area contributed by atoms with Gasteiger partial charge in [-0.3, -0.25) is 14.4 Å². The number of piperidine rings is 1. The number of benzene rings is 2. The fourth-order valence-electron chi connectivity index (χ4n) is 3.98. The smallest absolute Gasteiger partial charge is 0.304 e. The lowest BCUT2D eigenvalue weighted by atomic mass is 9.85. The van der Waals surface area contributed by atoms with E-state index in [4.69, 9.17) is 28.3 Å². The van der Waals surface area contributed by atoms with E-state index in [1.165, 1.54) is 0 Å². The molecule has 2 aromatic carbocycles. The molecule has 8 heteroatoms. The van der Waals surface area contributed by atoms with Crippen molar-refractivity contribution in [1.29, 1.82) is 0 Å². The van der Waals surface area contributed by atoms with Crippen LogP contribution in [0.2, 0.25) is 10.0 Å². The van der Waals surface area contributed by atoms with Crippen molar-refractivity contribution < 1.29 is 19.5 Å². The largest absolute Gasteiger partial charge is 0.481 e. The van der Waals surface area contributed by atoms with Crippen LogP contribution in [-0.4, -0.2) is 40.4 Å². The Morgan fingerprint density at radius 3 is 2.12 bits per heavy atom. The zero-order valence-corrected chi connectivity index (χ0v) is 20.4. The summed E-state index contributed by atoms with van der Waals surface area (Å²) in [5, 5.41) is 13.3. The molecule has 0 spiro atoms. The van der Waals surface area contributed by atoms with Crippen molar-refractivity contribution in [1.82, 2.24) is 10.2 Å². The molecule has 1 aliphatic rings. The second-order valence-electron chi connectivity index (χ2n) is 7.80. The minimum absolute atomic E-state index is 0.210. The molecule has 0 bridgehead atoms. The first kappa shape index (κ1) is 26.7. The summed E-state index contributed by atoms with van der Waals surface area (Å²) in [6.07, 6.45) is 1.35. The number of aliphatic carboxylic acids is 1. The average Bonchev–Trinajstić information content (AvgIpc) is 2.78. The Balaban J connectivity index is 0.000000468. The Morgan fingerprint density at radius 2 is 1.64 bits per heavy atom. The maximum atomic E-state index is 13.1. The summed E-state index contributed by atoms with van der Waals surface area (Å²) in [4.78, 5) is 38.3. The van der Waals surface area contributed by atoms with Crippen LogP contribution >= 0.6 is 23.2 Å². The summed E-state index contributed by atoms with van der Waals surface area (Å²) < 4.78 is 0. The van der Waals surface area contributed by atoms with Gasteiger partial charge in [-0.25, -0.2) is 0 Å². The standard InChI is InChI=1S/C19H25ClN2O4.C6H5Cl/c1-3-15(18(25)21-4-2)22-16(12-5-8-14(20)9-6-12)10-7-13(19(22)26)11-17(23)24;7-6-4-2-1-3-5-6/h5-6,8-9,13,15-16H,3-4,7,10-11H2,1-2H3,(H,21,25)(H,23,24);1-5H/t13-,15+,16+;/m1./s1. The van der Waals surface area contributed by atoms with Gasteiger partial charge in [0.05, 0.1) is 12.5 Å². The van der Waals surface area contributed by atoms with E-state index < -0.39 is 17.9 Å². The number of carbonyl (C=O) groups excluding carboxylic acids is 2. The van der Waals surface area contributed by atoms with Gasteiger partial charge in [-0.15, -0.1) is 0 Å². The van der Waals surface area contributed by atoms with Gasteiger partial charge in [0.1, 0.15) is 6.04 Å². The van der Waals surface area contributed by atoms with Gasteiger partial charge < -0.3 is 15.3 Å². The third-order valence-corrected chi connectivity index (χ3v) is 6.02. The molecular weight excluding hydrogens is 463 g/mol. The van der Waals surface area contributed by atoms with Crippen LogP contribution in [0.15, 0.2) is 54.6 Å².